The van der Waals surface area contributed by atoms with E-state index in [-0.39, 0.29) is 25.1 Å². The molecule has 0 saturated carbocycles. The van der Waals surface area contributed by atoms with Gasteiger partial charge in [0.2, 0.25) is 0 Å². The third kappa shape index (κ3) is 5.75. The van der Waals surface area contributed by atoms with Gasteiger partial charge in [0.25, 0.3) is 0 Å². The van der Waals surface area contributed by atoms with Crippen molar-refractivity contribution in [2.24, 2.45) is 0 Å². The smallest absolute Gasteiger partial charge is 0.317 e. The minimum atomic E-state index is -0.898. The summed E-state index contributed by atoms with van der Waals surface area (Å²) < 4.78 is 5.60. The van der Waals surface area contributed by atoms with Gasteiger partial charge in [-0.25, -0.2) is 4.79 Å². The number of carbonyl (C=O) groups excluding carboxylic acids is 1. The highest BCUT2D eigenvalue weighted by Gasteiger charge is 2.21. The summed E-state index contributed by atoms with van der Waals surface area (Å²) in [7, 11) is 0. The molecule has 1 aliphatic heterocycles. The quantitative estimate of drug-likeness (QED) is 0.699. The van der Waals surface area contributed by atoms with Crippen LogP contribution < -0.4 is 5.32 Å². The molecule has 0 radical (unpaired) electrons. The van der Waals surface area contributed by atoms with E-state index < -0.39 is 5.97 Å². The average molecular weight is 287 g/mol. The number of carboxylic acid groups (broad SMARTS) is 1. The summed E-state index contributed by atoms with van der Waals surface area (Å²) in [5.74, 6) is -0.898. The molecule has 7 nitrogen and oxygen atoms in total. The number of urea groups is 1. The normalized spacial score (nSPS) is 19.6. The minimum absolute atomic E-state index is 0.00540. The Labute approximate surface area is 119 Å². The molecule has 0 aromatic rings. The van der Waals surface area contributed by atoms with E-state index in [1.807, 2.05) is 6.92 Å². The summed E-state index contributed by atoms with van der Waals surface area (Å²) in [6.07, 6.45) is -0.0315. The van der Waals surface area contributed by atoms with Crippen LogP contribution in [0.25, 0.3) is 0 Å². The maximum Gasteiger partial charge on any atom is 0.317 e. The fourth-order valence-electron chi connectivity index (χ4n) is 2.14. The highest BCUT2D eigenvalue weighted by molar-refractivity contribution is 5.75. The first-order valence-electron chi connectivity index (χ1n) is 7.15. The van der Waals surface area contributed by atoms with Gasteiger partial charge in [0.1, 0.15) is 0 Å². The number of amides is 2. The van der Waals surface area contributed by atoms with Crippen molar-refractivity contribution < 1.29 is 19.4 Å². The van der Waals surface area contributed by atoms with Crippen LogP contribution in [0.5, 0.6) is 0 Å². The fourth-order valence-corrected chi connectivity index (χ4v) is 2.14. The summed E-state index contributed by atoms with van der Waals surface area (Å²) in [5.41, 5.74) is 0. The summed E-state index contributed by atoms with van der Waals surface area (Å²) in [4.78, 5) is 26.2. The van der Waals surface area contributed by atoms with E-state index in [4.69, 9.17) is 9.84 Å². The van der Waals surface area contributed by atoms with E-state index in [1.165, 1.54) is 4.90 Å². The zero-order chi connectivity index (χ0) is 15.0. The largest absolute Gasteiger partial charge is 0.481 e. The summed E-state index contributed by atoms with van der Waals surface area (Å²) in [6.45, 7) is 8.52. The predicted octanol–water partition coefficient (Wildman–Crippen LogP) is 0.213. The van der Waals surface area contributed by atoms with Crippen LogP contribution in [0.4, 0.5) is 4.79 Å². The first kappa shape index (κ1) is 16.7. The van der Waals surface area contributed by atoms with Crippen molar-refractivity contribution in [3.8, 4) is 0 Å². The number of nitrogens with one attached hydrogen (secondary N) is 1. The molecule has 0 aromatic heterocycles. The number of ether oxygens (including phenoxy) is 1. The monoisotopic (exact) mass is 287 g/mol. The molecule has 116 valence electrons. The van der Waals surface area contributed by atoms with Crippen molar-refractivity contribution in [2.45, 2.75) is 26.4 Å². The van der Waals surface area contributed by atoms with E-state index in [1.54, 1.807) is 0 Å². The number of carbonyl (C=O) groups is 2. The van der Waals surface area contributed by atoms with Gasteiger partial charge in [0, 0.05) is 32.7 Å². The molecule has 2 N–H and O–H groups in total. The zero-order valence-corrected chi connectivity index (χ0v) is 12.3. The lowest BCUT2D eigenvalue weighted by molar-refractivity contribution is -0.137. The molecule has 0 aromatic carbocycles. The molecule has 1 fully saturated rings. The van der Waals surface area contributed by atoms with Crippen LogP contribution in [0.2, 0.25) is 0 Å². The average Bonchev–Trinajstić information content (AvgIpc) is 2.45. The van der Waals surface area contributed by atoms with Crippen LogP contribution in [0.1, 0.15) is 20.3 Å². The van der Waals surface area contributed by atoms with Crippen LogP contribution in [0.15, 0.2) is 0 Å². The molecule has 1 atom stereocenters. The second-order valence-electron chi connectivity index (χ2n) is 4.80. The Kier molecular flexibility index (Phi) is 7.32. The summed E-state index contributed by atoms with van der Waals surface area (Å²) in [5, 5.41) is 11.5. The second-order valence-corrected chi connectivity index (χ2v) is 4.80. The van der Waals surface area contributed by atoms with Gasteiger partial charge in [-0.2, -0.15) is 0 Å². The molecule has 2 amide bonds. The lowest BCUT2D eigenvalue weighted by atomic mass is 10.2. The number of nitrogens with zero attached hydrogens (tertiary/aromatic N) is 2. The Morgan fingerprint density at radius 1 is 1.45 bits per heavy atom. The van der Waals surface area contributed by atoms with Crippen LogP contribution in [-0.4, -0.2) is 78.9 Å². The number of rotatable bonds is 7. The van der Waals surface area contributed by atoms with Gasteiger partial charge in [-0.15, -0.1) is 0 Å². The third-order valence-electron chi connectivity index (χ3n) is 3.42. The Balaban J connectivity index is 2.31. The third-order valence-corrected chi connectivity index (χ3v) is 3.42. The van der Waals surface area contributed by atoms with Gasteiger partial charge < -0.3 is 20.1 Å². The topological polar surface area (TPSA) is 82.1 Å². The molecule has 20 heavy (non-hydrogen) atoms. The Bertz CT molecular complexity index is 325. The van der Waals surface area contributed by atoms with Gasteiger partial charge in [-0.1, -0.05) is 6.92 Å². The maximum atomic E-state index is 11.9. The first-order chi connectivity index (χ1) is 9.56. The number of carboxylic acids is 1. The molecule has 1 saturated heterocycles. The van der Waals surface area contributed by atoms with Crippen molar-refractivity contribution in [3.05, 3.63) is 0 Å². The van der Waals surface area contributed by atoms with Crippen LogP contribution in [0, 0.1) is 0 Å². The molecule has 7 heteroatoms. The fraction of sp³-hybridized carbons (Fsp3) is 0.846. The van der Waals surface area contributed by atoms with Crippen molar-refractivity contribution in [2.75, 3.05) is 45.9 Å². The molecule has 0 spiro atoms. The Morgan fingerprint density at radius 3 is 2.80 bits per heavy atom. The summed E-state index contributed by atoms with van der Waals surface area (Å²) >= 11 is 0. The van der Waals surface area contributed by atoms with Crippen LogP contribution >= 0.6 is 0 Å². The van der Waals surface area contributed by atoms with Crippen molar-refractivity contribution in [1.82, 2.24) is 15.1 Å². The molecule has 1 aliphatic rings. The maximum absolute atomic E-state index is 11.9. The van der Waals surface area contributed by atoms with Crippen LogP contribution in [-0.2, 0) is 9.53 Å². The molecule has 1 unspecified atom stereocenters. The van der Waals surface area contributed by atoms with Gasteiger partial charge in [-0.3, -0.25) is 9.69 Å². The lowest BCUT2D eigenvalue weighted by Crippen LogP contribution is -2.49. The molecule has 1 heterocycles. The van der Waals surface area contributed by atoms with Crippen molar-refractivity contribution in [3.63, 3.8) is 0 Å². The molecule has 0 bridgehead atoms. The predicted molar refractivity (Wildman–Crippen MR) is 74.8 cm³/mol. The number of aliphatic carboxylic acids is 1. The highest BCUT2D eigenvalue weighted by Crippen LogP contribution is 2.04. The minimum Gasteiger partial charge on any atom is -0.481 e. The molecule has 0 aliphatic carbocycles. The first-order valence-corrected chi connectivity index (χ1v) is 7.15. The Hall–Kier alpha value is -1.34. The number of morpholine rings is 1. The number of likely N-dealkylation sites (N-methyl/N-ethyl adjacent to an activating group) is 1. The zero-order valence-electron chi connectivity index (χ0n) is 12.3. The van der Waals surface area contributed by atoms with Gasteiger partial charge in [0.05, 0.1) is 19.1 Å². The number of hydrogen-bond acceptors (Lipinski definition) is 4. The Morgan fingerprint density at radius 2 is 2.20 bits per heavy atom. The standard InChI is InChI=1S/C13H25N3O4/c1-3-15-7-8-20-11(10-15)9-14-13(19)16(4-2)6-5-12(17)18/h11H,3-10H2,1-2H3,(H,14,19)(H,17,18). The summed E-state index contributed by atoms with van der Waals surface area (Å²) in [6, 6.07) is -0.231. The van der Waals surface area contributed by atoms with E-state index in [0.29, 0.717) is 19.7 Å². The van der Waals surface area contributed by atoms with Crippen molar-refractivity contribution >= 4 is 12.0 Å². The van der Waals surface area contributed by atoms with Crippen LogP contribution in [0.3, 0.4) is 0 Å². The second kappa shape index (κ2) is 8.76. The number of hydrogen-bond donors (Lipinski definition) is 2. The van der Waals surface area contributed by atoms with E-state index >= 15 is 0 Å². The van der Waals surface area contributed by atoms with Gasteiger partial charge in [0.15, 0.2) is 0 Å². The molecular weight excluding hydrogens is 262 g/mol. The van der Waals surface area contributed by atoms with E-state index in [2.05, 4.69) is 17.1 Å². The van der Waals surface area contributed by atoms with Crippen molar-refractivity contribution in [1.29, 1.82) is 0 Å². The van der Waals surface area contributed by atoms with Gasteiger partial charge >= 0.3 is 12.0 Å². The molecule has 1 rings (SSSR count). The lowest BCUT2D eigenvalue weighted by Gasteiger charge is -2.32. The van der Waals surface area contributed by atoms with Gasteiger partial charge in [-0.05, 0) is 13.5 Å². The molecular formula is C13H25N3O4. The SMILES string of the molecule is CCN1CCOC(CNC(=O)N(CC)CCC(=O)O)C1. The van der Waals surface area contributed by atoms with E-state index in [0.717, 1.165) is 19.6 Å². The van der Waals surface area contributed by atoms with E-state index in [9.17, 15) is 9.59 Å². The highest BCUT2D eigenvalue weighted by atomic mass is 16.5.